The van der Waals surface area contributed by atoms with Crippen molar-refractivity contribution in [3.8, 4) is 5.75 Å². The highest BCUT2D eigenvalue weighted by molar-refractivity contribution is 5.56. The van der Waals surface area contributed by atoms with E-state index in [9.17, 15) is 0 Å². The highest BCUT2D eigenvalue weighted by Crippen LogP contribution is 2.23. The van der Waals surface area contributed by atoms with Gasteiger partial charge in [0.15, 0.2) is 0 Å². The van der Waals surface area contributed by atoms with Crippen molar-refractivity contribution in [1.82, 2.24) is 15.5 Å². The van der Waals surface area contributed by atoms with Crippen LogP contribution in [0, 0.1) is 6.92 Å². The number of nitrogens with zero attached hydrogens (tertiary/aromatic N) is 2. The van der Waals surface area contributed by atoms with Gasteiger partial charge in [0.1, 0.15) is 5.75 Å². The first kappa shape index (κ1) is 13.4. The fourth-order valence-electron chi connectivity index (χ4n) is 1.69. The van der Waals surface area contributed by atoms with E-state index in [0.717, 1.165) is 23.5 Å². The molecule has 6 heteroatoms. The first-order valence-corrected chi connectivity index (χ1v) is 6.17. The summed E-state index contributed by atoms with van der Waals surface area (Å²) in [6, 6.07) is 6.15. The fourth-order valence-corrected chi connectivity index (χ4v) is 1.69. The Hall–Kier alpha value is -2.08. The van der Waals surface area contributed by atoms with Crippen LogP contribution in [0.2, 0.25) is 0 Å². The zero-order valence-corrected chi connectivity index (χ0v) is 11.4. The fraction of sp³-hybridized carbons (Fsp3) is 0.385. The SMILES string of the molecule is CCNCc1nnc(Nc2ccc(OC)c(C)c2)o1. The van der Waals surface area contributed by atoms with Gasteiger partial charge >= 0.3 is 6.01 Å². The number of ether oxygens (including phenoxy) is 1. The molecule has 0 saturated heterocycles. The van der Waals surface area contributed by atoms with Gasteiger partial charge in [0.05, 0.1) is 13.7 Å². The molecule has 1 heterocycles. The average Bonchev–Trinajstić information content (AvgIpc) is 2.84. The molecule has 2 N–H and O–H groups in total. The summed E-state index contributed by atoms with van der Waals surface area (Å²) in [6.45, 7) is 5.44. The molecule has 1 aromatic heterocycles. The van der Waals surface area contributed by atoms with Crippen molar-refractivity contribution in [1.29, 1.82) is 0 Å². The van der Waals surface area contributed by atoms with Crippen LogP contribution in [-0.2, 0) is 6.54 Å². The second-order valence-electron chi connectivity index (χ2n) is 4.09. The third-order valence-corrected chi connectivity index (χ3v) is 2.64. The lowest BCUT2D eigenvalue weighted by Crippen LogP contribution is -2.11. The maximum absolute atomic E-state index is 5.46. The minimum Gasteiger partial charge on any atom is -0.496 e. The summed E-state index contributed by atoms with van der Waals surface area (Å²) in [7, 11) is 1.65. The van der Waals surface area contributed by atoms with Gasteiger partial charge < -0.3 is 19.8 Å². The molecule has 0 aliphatic carbocycles. The molecule has 102 valence electrons. The molecule has 0 unspecified atom stereocenters. The minimum atomic E-state index is 0.387. The highest BCUT2D eigenvalue weighted by atomic mass is 16.5. The van der Waals surface area contributed by atoms with Gasteiger partial charge in [-0.15, -0.1) is 5.10 Å². The highest BCUT2D eigenvalue weighted by Gasteiger charge is 2.06. The number of hydrogen-bond donors (Lipinski definition) is 2. The summed E-state index contributed by atoms with van der Waals surface area (Å²) in [4.78, 5) is 0. The molecule has 1 aromatic carbocycles. The molecular formula is C13H18N4O2. The van der Waals surface area contributed by atoms with Crippen molar-refractivity contribution >= 4 is 11.7 Å². The van der Waals surface area contributed by atoms with E-state index >= 15 is 0 Å². The molecule has 0 aliphatic rings. The van der Waals surface area contributed by atoms with Crippen LogP contribution in [0.4, 0.5) is 11.7 Å². The lowest BCUT2D eigenvalue weighted by molar-refractivity contribution is 0.412. The Bertz CT molecular complexity index is 539. The van der Waals surface area contributed by atoms with Crippen LogP contribution >= 0.6 is 0 Å². The number of benzene rings is 1. The smallest absolute Gasteiger partial charge is 0.320 e. The monoisotopic (exact) mass is 262 g/mol. The number of anilines is 2. The first-order valence-electron chi connectivity index (χ1n) is 6.17. The van der Waals surface area contributed by atoms with E-state index < -0.39 is 0 Å². The van der Waals surface area contributed by atoms with Crippen LogP contribution < -0.4 is 15.4 Å². The minimum absolute atomic E-state index is 0.387. The van der Waals surface area contributed by atoms with Gasteiger partial charge in [-0.3, -0.25) is 0 Å². The van der Waals surface area contributed by atoms with Crippen molar-refractivity contribution in [2.24, 2.45) is 0 Å². The van der Waals surface area contributed by atoms with Crippen LogP contribution in [0.1, 0.15) is 18.4 Å². The Morgan fingerprint density at radius 2 is 2.16 bits per heavy atom. The lowest BCUT2D eigenvalue weighted by Gasteiger charge is -2.07. The molecule has 0 spiro atoms. The molecule has 0 atom stereocenters. The predicted molar refractivity (Wildman–Crippen MR) is 72.7 cm³/mol. The number of hydrogen-bond acceptors (Lipinski definition) is 6. The number of rotatable bonds is 6. The Morgan fingerprint density at radius 3 is 2.84 bits per heavy atom. The Morgan fingerprint density at radius 1 is 1.32 bits per heavy atom. The lowest BCUT2D eigenvalue weighted by atomic mass is 10.2. The third-order valence-electron chi connectivity index (χ3n) is 2.64. The summed E-state index contributed by atoms with van der Waals surface area (Å²) >= 11 is 0. The number of nitrogens with one attached hydrogen (secondary N) is 2. The summed E-state index contributed by atoms with van der Waals surface area (Å²) in [5, 5.41) is 14.1. The molecule has 6 nitrogen and oxygen atoms in total. The van der Waals surface area contributed by atoms with E-state index in [1.807, 2.05) is 32.0 Å². The quantitative estimate of drug-likeness (QED) is 0.831. The Balaban J connectivity index is 2.04. The van der Waals surface area contributed by atoms with Crippen molar-refractivity contribution in [3.63, 3.8) is 0 Å². The van der Waals surface area contributed by atoms with Gasteiger partial charge in [0, 0.05) is 5.69 Å². The Labute approximate surface area is 112 Å². The first-order chi connectivity index (χ1) is 9.22. The molecule has 0 radical (unpaired) electrons. The normalized spacial score (nSPS) is 10.5. The summed E-state index contributed by atoms with van der Waals surface area (Å²) in [6.07, 6.45) is 0. The summed E-state index contributed by atoms with van der Waals surface area (Å²) < 4.78 is 10.7. The van der Waals surface area contributed by atoms with E-state index in [1.165, 1.54) is 0 Å². The van der Waals surface area contributed by atoms with E-state index in [-0.39, 0.29) is 0 Å². The number of methoxy groups -OCH3 is 1. The number of aryl methyl sites for hydroxylation is 1. The van der Waals surface area contributed by atoms with E-state index in [2.05, 4.69) is 20.8 Å². The Kier molecular flexibility index (Phi) is 4.35. The van der Waals surface area contributed by atoms with E-state index in [0.29, 0.717) is 18.5 Å². The van der Waals surface area contributed by atoms with Crippen molar-refractivity contribution < 1.29 is 9.15 Å². The van der Waals surface area contributed by atoms with Gasteiger partial charge in [-0.25, -0.2) is 0 Å². The van der Waals surface area contributed by atoms with Crippen LogP contribution in [0.15, 0.2) is 22.6 Å². The maximum Gasteiger partial charge on any atom is 0.320 e. The molecule has 0 amide bonds. The van der Waals surface area contributed by atoms with Crippen LogP contribution in [0.3, 0.4) is 0 Å². The average molecular weight is 262 g/mol. The van der Waals surface area contributed by atoms with Crippen LogP contribution in [0.25, 0.3) is 0 Å². The van der Waals surface area contributed by atoms with Crippen LogP contribution in [-0.4, -0.2) is 23.9 Å². The standard InChI is InChI=1S/C13H18N4O2/c1-4-14-8-12-16-17-13(19-12)15-10-5-6-11(18-3)9(2)7-10/h5-7,14H,4,8H2,1-3H3,(H,15,17). The van der Waals surface area contributed by atoms with Crippen molar-refractivity contribution in [2.45, 2.75) is 20.4 Å². The number of aromatic nitrogens is 2. The van der Waals surface area contributed by atoms with Gasteiger partial charge in [0.25, 0.3) is 0 Å². The van der Waals surface area contributed by atoms with Gasteiger partial charge in [-0.2, -0.15) is 0 Å². The predicted octanol–water partition coefficient (Wildman–Crippen LogP) is 2.24. The third kappa shape index (κ3) is 3.45. The van der Waals surface area contributed by atoms with Gasteiger partial charge in [0.2, 0.25) is 5.89 Å². The van der Waals surface area contributed by atoms with Crippen molar-refractivity contribution in [3.05, 3.63) is 29.7 Å². The molecule has 19 heavy (non-hydrogen) atoms. The zero-order chi connectivity index (χ0) is 13.7. The largest absolute Gasteiger partial charge is 0.496 e. The van der Waals surface area contributed by atoms with E-state index in [1.54, 1.807) is 7.11 Å². The van der Waals surface area contributed by atoms with Crippen molar-refractivity contribution in [2.75, 3.05) is 19.0 Å². The molecule has 0 bridgehead atoms. The topological polar surface area (TPSA) is 72.2 Å². The molecule has 0 aliphatic heterocycles. The van der Waals surface area contributed by atoms with E-state index in [4.69, 9.17) is 9.15 Å². The summed E-state index contributed by atoms with van der Waals surface area (Å²) in [5.74, 6) is 1.42. The second-order valence-corrected chi connectivity index (χ2v) is 4.09. The molecular weight excluding hydrogens is 244 g/mol. The van der Waals surface area contributed by atoms with Gasteiger partial charge in [-0.05, 0) is 37.2 Å². The second kappa shape index (κ2) is 6.19. The maximum atomic E-state index is 5.46. The van der Waals surface area contributed by atoms with Gasteiger partial charge in [-0.1, -0.05) is 12.0 Å². The molecule has 0 fully saturated rings. The zero-order valence-electron chi connectivity index (χ0n) is 11.4. The molecule has 0 saturated carbocycles. The molecule has 2 rings (SSSR count). The van der Waals surface area contributed by atoms with Crippen LogP contribution in [0.5, 0.6) is 5.75 Å². The summed E-state index contributed by atoms with van der Waals surface area (Å²) in [5.41, 5.74) is 1.93. The molecule has 2 aromatic rings.